The SMILES string of the molecule is COc1ccccc1C(=O)Nc1ccc([C@@H]2OC(=O)N(Cc3ccc(C)cc3)[C@@H]2C(=O)NCC(C)C)cc1. The standard InChI is InChI=1S/C30H33N3O5/c1-19(2)17-31-29(35)26-27(38-30(36)33(26)18-21-11-9-20(3)10-12-21)22-13-15-23(16-14-22)32-28(34)24-7-5-6-8-25(24)37-4/h5-16,19,26-27H,17-18H2,1-4H3,(H,31,35)(H,32,34)/t26-,27-/m0/s1. The molecule has 3 amide bonds. The third-order valence-electron chi connectivity index (χ3n) is 6.36. The number of nitrogens with zero attached hydrogens (tertiary/aromatic N) is 1. The lowest BCUT2D eigenvalue weighted by Gasteiger charge is -2.24. The molecule has 198 valence electrons. The molecule has 1 fully saturated rings. The first-order chi connectivity index (χ1) is 18.3. The number of carbonyl (C=O) groups excluding carboxylic acids is 3. The molecule has 0 radical (unpaired) electrons. The summed E-state index contributed by atoms with van der Waals surface area (Å²) in [6.45, 7) is 6.76. The van der Waals surface area contributed by atoms with E-state index in [1.165, 1.54) is 12.0 Å². The van der Waals surface area contributed by atoms with Crippen LogP contribution in [0.5, 0.6) is 5.75 Å². The maximum atomic E-state index is 13.3. The molecule has 3 aromatic carbocycles. The van der Waals surface area contributed by atoms with Crippen LogP contribution in [0, 0.1) is 12.8 Å². The first-order valence-corrected chi connectivity index (χ1v) is 12.6. The van der Waals surface area contributed by atoms with E-state index in [1.807, 2.05) is 45.0 Å². The Morgan fingerprint density at radius 2 is 1.68 bits per heavy atom. The van der Waals surface area contributed by atoms with E-state index in [-0.39, 0.29) is 24.3 Å². The van der Waals surface area contributed by atoms with Crippen molar-refractivity contribution in [3.63, 3.8) is 0 Å². The Bertz CT molecular complexity index is 1290. The Kier molecular flexibility index (Phi) is 8.31. The maximum absolute atomic E-state index is 13.3. The normalized spacial score (nSPS) is 16.8. The fourth-order valence-corrected chi connectivity index (χ4v) is 4.30. The van der Waals surface area contributed by atoms with Crippen molar-refractivity contribution in [2.45, 2.75) is 39.5 Å². The average Bonchev–Trinajstić information content (AvgIpc) is 3.24. The van der Waals surface area contributed by atoms with Crippen molar-refractivity contribution in [2.75, 3.05) is 19.0 Å². The molecule has 8 heteroatoms. The molecular weight excluding hydrogens is 482 g/mol. The second kappa shape index (κ2) is 11.8. The minimum absolute atomic E-state index is 0.252. The van der Waals surface area contributed by atoms with Crippen LogP contribution in [0.1, 0.15) is 47.0 Å². The highest BCUT2D eigenvalue weighted by Gasteiger charge is 2.46. The highest BCUT2D eigenvalue weighted by Crippen LogP contribution is 2.34. The number of rotatable bonds is 9. The largest absolute Gasteiger partial charge is 0.496 e. The van der Waals surface area contributed by atoms with Crippen LogP contribution in [0.25, 0.3) is 0 Å². The predicted octanol–water partition coefficient (Wildman–Crippen LogP) is 5.09. The lowest BCUT2D eigenvalue weighted by atomic mass is 10.00. The molecule has 0 bridgehead atoms. The summed E-state index contributed by atoms with van der Waals surface area (Å²) in [4.78, 5) is 40.5. The van der Waals surface area contributed by atoms with Gasteiger partial charge in [-0.05, 0) is 48.2 Å². The van der Waals surface area contributed by atoms with Crippen molar-refractivity contribution in [3.05, 3.63) is 95.1 Å². The summed E-state index contributed by atoms with van der Waals surface area (Å²) in [7, 11) is 1.51. The minimum Gasteiger partial charge on any atom is -0.496 e. The van der Waals surface area contributed by atoms with E-state index >= 15 is 0 Å². The fourth-order valence-electron chi connectivity index (χ4n) is 4.30. The first kappa shape index (κ1) is 26.7. The molecule has 0 spiro atoms. The Hall–Kier alpha value is -4.33. The molecule has 0 saturated carbocycles. The lowest BCUT2D eigenvalue weighted by Crippen LogP contribution is -2.47. The van der Waals surface area contributed by atoms with Gasteiger partial charge in [-0.25, -0.2) is 4.79 Å². The van der Waals surface area contributed by atoms with E-state index in [2.05, 4.69) is 10.6 Å². The first-order valence-electron chi connectivity index (χ1n) is 12.6. The molecule has 0 aromatic heterocycles. The van der Waals surface area contributed by atoms with E-state index in [1.54, 1.807) is 48.5 Å². The fraction of sp³-hybridized carbons (Fsp3) is 0.300. The van der Waals surface area contributed by atoms with Gasteiger partial charge in [-0.1, -0.05) is 67.9 Å². The molecule has 8 nitrogen and oxygen atoms in total. The summed E-state index contributed by atoms with van der Waals surface area (Å²) in [5.41, 5.74) is 3.65. The number of hydrogen-bond acceptors (Lipinski definition) is 5. The Morgan fingerprint density at radius 3 is 2.34 bits per heavy atom. The van der Waals surface area contributed by atoms with Gasteiger partial charge in [0.2, 0.25) is 5.91 Å². The highest BCUT2D eigenvalue weighted by molar-refractivity contribution is 6.06. The Morgan fingerprint density at radius 1 is 1.00 bits per heavy atom. The van der Waals surface area contributed by atoms with Gasteiger partial charge in [0, 0.05) is 12.2 Å². The number of methoxy groups -OCH3 is 1. The smallest absolute Gasteiger partial charge is 0.411 e. The van der Waals surface area contributed by atoms with Gasteiger partial charge in [0.1, 0.15) is 5.75 Å². The van der Waals surface area contributed by atoms with Crippen molar-refractivity contribution in [2.24, 2.45) is 5.92 Å². The molecule has 1 aliphatic rings. The van der Waals surface area contributed by atoms with E-state index < -0.39 is 18.2 Å². The lowest BCUT2D eigenvalue weighted by molar-refractivity contribution is -0.126. The number of anilines is 1. The zero-order chi connectivity index (χ0) is 27.2. The van der Waals surface area contributed by atoms with E-state index in [0.29, 0.717) is 29.1 Å². The van der Waals surface area contributed by atoms with Gasteiger partial charge in [-0.15, -0.1) is 0 Å². The number of carbonyl (C=O) groups is 3. The van der Waals surface area contributed by atoms with Crippen molar-refractivity contribution < 1.29 is 23.9 Å². The highest BCUT2D eigenvalue weighted by atomic mass is 16.6. The van der Waals surface area contributed by atoms with Gasteiger partial charge >= 0.3 is 6.09 Å². The summed E-state index contributed by atoms with van der Waals surface area (Å²) in [6.07, 6.45) is -1.34. The maximum Gasteiger partial charge on any atom is 0.411 e. The summed E-state index contributed by atoms with van der Waals surface area (Å²) in [5.74, 6) is 0.156. The third kappa shape index (κ3) is 6.14. The molecule has 38 heavy (non-hydrogen) atoms. The molecule has 2 N–H and O–H groups in total. The van der Waals surface area contributed by atoms with Gasteiger partial charge in [-0.3, -0.25) is 14.5 Å². The topological polar surface area (TPSA) is 97.0 Å². The Balaban J connectivity index is 1.55. The van der Waals surface area contributed by atoms with Crippen LogP contribution in [0.2, 0.25) is 0 Å². The number of hydrogen-bond donors (Lipinski definition) is 2. The van der Waals surface area contributed by atoms with Crippen LogP contribution in [0.4, 0.5) is 10.5 Å². The number of aryl methyl sites for hydroxylation is 1. The number of cyclic esters (lactones) is 1. The van der Waals surface area contributed by atoms with Crippen LogP contribution < -0.4 is 15.4 Å². The molecule has 0 unspecified atom stereocenters. The van der Waals surface area contributed by atoms with Crippen LogP contribution in [0.3, 0.4) is 0 Å². The van der Waals surface area contributed by atoms with Gasteiger partial charge in [0.05, 0.1) is 19.2 Å². The van der Waals surface area contributed by atoms with Crippen LogP contribution >= 0.6 is 0 Å². The third-order valence-corrected chi connectivity index (χ3v) is 6.36. The zero-order valence-electron chi connectivity index (χ0n) is 22.1. The van der Waals surface area contributed by atoms with Crippen LogP contribution in [-0.2, 0) is 16.1 Å². The summed E-state index contributed by atoms with van der Waals surface area (Å²) >= 11 is 0. The summed E-state index contributed by atoms with van der Waals surface area (Å²) in [6, 6.07) is 20.9. The quantitative estimate of drug-likeness (QED) is 0.414. The number of amides is 3. The molecule has 3 aromatic rings. The zero-order valence-corrected chi connectivity index (χ0v) is 22.1. The van der Waals surface area contributed by atoms with E-state index in [0.717, 1.165) is 11.1 Å². The van der Waals surface area contributed by atoms with Crippen molar-refractivity contribution >= 4 is 23.6 Å². The predicted molar refractivity (Wildman–Crippen MR) is 145 cm³/mol. The second-order valence-corrected chi connectivity index (χ2v) is 9.78. The van der Waals surface area contributed by atoms with Gasteiger partial charge < -0.3 is 20.1 Å². The van der Waals surface area contributed by atoms with Crippen molar-refractivity contribution in [1.29, 1.82) is 0 Å². The van der Waals surface area contributed by atoms with Crippen molar-refractivity contribution in [1.82, 2.24) is 10.2 Å². The summed E-state index contributed by atoms with van der Waals surface area (Å²) in [5, 5.41) is 5.81. The van der Waals surface area contributed by atoms with E-state index in [4.69, 9.17) is 9.47 Å². The Labute approximate surface area is 222 Å². The molecule has 1 saturated heterocycles. The molecule has 1 aliphatic heterocycles. The monoisotopic (exact) mass is 515 g/mol. The number of ether oxygens (including phenoxy) is 2. The second-order valence-electron chi connectivity index (χ2n) is 9.78. The number of nitrogens with one attached hydrogen (secondary N) is 2. The van der Waals surface area contributed by atoms with Gasteiger partial charge in [0.15, 0.2) is 12.1 Å². The number of benzene rings is 3. The van der Waals surface area contributed by atoms with Crippen LogP contribution in [-0.4, -0.2) is 42.5 Å². The van der Waals surface area contributed by atoms with Gasteiger partial charge in [-0.2, -0.15) is 0 Å². The molecular formula is C30H33N3O5. The van der Waals surface area contributed by atoms with Gasteiger partial charge in [0.25, 0.3) is 5.91 Å². The molecule has 2 atom stereocenters. The van der Waals surface area contributed by atoms with Crippen LogP contribution in [0.15, 0.2) is 72.8 Å². The molecule has 4 rings (SSSR count). The number of para-hydroxylation sites is 1. The van der Waals surface area contributed by atoms with Crippen molar-refractivity contribution in [3.8, 4) is 5.75 Å². The molecule has 0 aliphatic carbocycles. The average molecular weight is 516 g/mol. The van der Waals surface area contributed by atoms with E-state index in [9.17, 15) is 14.4 Å². The molecule has 1 heterocycles. The summed E-state index contributed by atoms with van der Waals surface area (Å²) < 4.78 is 11.0. The minimum atomic E-state index is -0.837.